The van der Waals surface area contributed by atoms with E-state index in [2.05, 4.69) is 42.8 Å². The van der Waals surface area contributed by atoms with Crippen LogP contribution in [0.15, 0.2) is 33.3 Å². The molecule has 0 unspecified atom stereocenters. The van der Waals surface area contributed by atoms with Crippen molar-refractivity contribution in [1.82, 2.24) is 5.32 Å². The molecule has 1 fully saturated rings. The molecule has 0 saturated carbocycles. The SMILES string of the molecule is COC(=O)/C=C1/S/C(=N\N=Cc2cc(I)c(OCC#N)c(OC)c2)NC1=O. The first-order chi connectivity index (χ1) is 13.0. The molecule has 0 radical (unpaired) electrons. The predicted molar refractivity (Wildman–Crippen MR) is 108 cm³/mol. The minimum Gasteiger partial charge on any atom is -0.493 e. The lowest BCUT2D eigenvalue weighted by atomic mass is 10.2. The van der Waals surface area contributed by atoms with Gasteiger partial charge in [-0.1, -0.05) is 0 Å². The molecule has 140 valence electrons. The van der Waals surface area contributed by atoms with Gasteiger partial charge in [-0.25, -0.2) is 4.79 Å². The van der Waals surface area contributed by atoms with Crippen molar-refractivity contribution in [2.75, 3.05) is 20.8 Å². The van der Waals surface area contributed by atoms with Gasteiger partial charge in [0.1, 0.15) is 6.07 Å². The van der Waals surface area contributed by atoms with Gasteiger partial charge >= 0.3 is 5.97 Å². The highest BCUT2D eigenvalue weighted by Crippen LogP contribution is 2.33. The molecule has 1 aliphatic heterocycles. The number of amides is 1. The molecule has 0 spiro atoms. The number of nitrogens with zero attached hydrogens (tertiary/aromatic N) is 3. The average Bonchev–Trinajstić information content (AvgIpc) is 2.99. The number of hydrogen-bond acceptors (Lipinski definition) is 9. The average molecular weight is 500 g/mol. The summed E-state index contributed by atoms with van der Waals surface area (Å²) in [6.07, 6.45) is 2.56. The zero-order valence-electron chi connectivity index (χ0n) is 14.2. The van der Waals surface area contributed by atoms with Crippen LogP contribution < -0.4 is 14.8 Å². The highest BCUT2D eigenvalue weighted by atomic mass is 127. The number of amidine groups is 1. The number of carbonyl (C=O) groups is 2. The highest BCUT2D eigenvalue weighted by molar-refractivity contribution is 14.1. The third-order valence-electron chi connectivity index (χ3n) is 2.99. The van der Waals surface area contributed by atoms with Gasteiger partial charge in [-0.2, -0.15) is 10.4 Å². The summed E-state index contributed by atoms with van der Waals surface area (Å²) < 4.78 is 15.8. The Hall–Kier alpha value is -2.59. The molecule has 1 aromatic carbocycles. The second-order valence-corrected chi connectivity index (χ2v) is 6.91. The van der Waals surface area contributed by atoms with Crippen molar-refractivity contribution in [3.05, 3.63) is 32.2 Å². The van der Waals surface area contributed by atoms with E-state index < -0.39 is 11.9 Å². The molecular weight excluding hydrogens is 487 g/mol. The number of rotatable bonds is 6. The normalized spacial score (nSPS) is 16.4. The van der Waals surface area contributed by atoms with E-state index in [1.54, 1.807) is 12.1 Å². The minimum atomic E-state index is -0.627. The van der Waals surface area contributed by atoms with Crippen molar-refractivity contribution in [3.8, 4) is 17.6 Å². The molecule has 2 rings (SSSR count). The largest absolute Gasteiger partial charge is 0.493 e. The lowest BCUT2D eigenvalue weighted by Crippen LogP contribution is -2.19. The number of benzene rings is 1. The Morgan fingerprint density at radius 1 is 1.44 bits per heavy atom. The molecule has 1 amide bonds. The zero-order valence-corrected chi connectivity index (χ0v) is 17.2. The van der Waals surface area contributed by atoms with Gasteiger partial charge in [0.25, 0.3) is 5.91 Å². The maximum absolute atomic E-state index is 11.7. The van der Waals surface area contributed by atoms with E-state index >= 15 is 0 Å². The van der Waals surface area contributed by atoms with Gasteiger partial charge in [0.15, 0.2) is 23.3 Å². The van der Waals surface area contributed by atoms with E-state index in [0.29, 0.717) is 17.1 Å². The molecule has 0 aliphatic carbocycles. The number of carbonyl (C=O) groups excluding carboxylic acids is 2. The van der Waals surface area contributed by atoms with Gasteiger partial charge in [0, 0.05) is 6.08 Å². The molecule has 1 heterocycles. The molecule has 1 aromatic rings. The quantitative estimate of drug-likeness (QED) is 0.208. The number of esters is 1. The van der Waals surface area contributed by atoms with Gasteiger partial charge < -0.3 is 14.2 Å². The molecule has 0 atom stereocenters. The van der Waals surface area contributed by atoms with E-state index in [1.165, 1.54) is 20.4 Å². The summed E-state index contributed by atoms with van der Waals surface area (Å²) in [6, 6.07) is 5.36. The fraction of sp³-hybridized carbons (Fsp3) is 0.188. The molecule has 27 heavy (non-hydrogen) atoms. The summed E-state index contributed by atoms with van der Waals surface area (Å²) in [6.45, 7) is -0.0915. The number of ether oxygens (including phenoxy) is 3. The lowest BCUT2D eigenvalue weighted by Gasteiger charge is -2.11. The van der Waals surface area contributed by atoms with Crippen LogP contribution in [0.1, 0.15) is 5.56 Å². The topological polar surface area (TPSA) is 122 Å². The molecule has 11 heteroatoms. The Kier molecular flexibility index (Phi) is 7.62. The van der Waals surface area contributed by atoms with Gasteiger partial charge in [-0.3, -0.25) is 10.1 Å². The van der Waals surface area contributed by atoms with Crippen molar-refractivity contribution in [2.24, 2.45) is 10.2 Å². The smallest absolute Gasteiger partial charge is 0.331 e. The van der Waals surface area contributed by atoms with Crippen molar-refractivity contribution in [3.63, 3.8) is 0 Å². The van der Waals surface area contributed by atoms with Gasteiger partial charge in [-0.05, 0) is 52.0 Å². The zero-order chi connectivity index (χ0) is 19.8. The van der Waals surface area contributed by atoms with Crippen molar-refractivity contribution in [2.45, 2.75) is 0 Å². The summed E-state index contributed by atoms with van der Waals surface area (Å²) in [7, 11) is 2.72. The van der Waals surface area contributed by atoms with Crippen LogP contribution in [0.3, 0.4) is 0 Å². The standard InChI is InChI=1S/C16H13IN4O5S/c1-24-11-6-9(5-10(17)14(11)26-4-3-18)8-19-21-16-20-15(23)12(27-16)7-13(22)25-2/h5-8H,4H2,1-2H3,(H,20,21,23)/b12-7+,19-8?. The lowest BCUT2D eigenvalue weighted by molar-refractivity contribution is -0.135. The van der Waals surface area contributed by atoms with Crippen molar-refractivity contribution >= 4 is 57.6 Å². The minimum absolute atomic E-state index is 0.0915. The van der Waals surface area contributed by atoms with Gasteiger partial charge in [0.05, 0.1) is 28.9 Å². The van der Waals surface area contributed by atoms with Gasteiger partial charge in [-0.15, -0.1) is 5.10 Å². The van der Waals surface area contributed by atoms with Crippen LogP contribution in [0, 0.1) is 14.9 Å². The number of nitrogens with one attached hydrogen (secondary N) is 1. The van der Waals surface area contributed by atoms with Gasteiger partial charge in [0.2, 0.25) is 0 Å². The van der Waals surface area contributed by atoms with Crippen molar-refractivity contribution < 1.29 is 23.8 Å². The summed E-state index contributed by atoms with van der Waals surface area (Å²) in [4.78, 5) is 23.1. The van der Waals surface area contributed by atoms with Crippen LogP contribution in [0.25, 0.3) is 0 Å². The van der Waals surface area contributed by atoms with E-state index in [0.717, 1.165) is 21.4 Å². The number of nitriles is 1. The van der Waals surface area contributed by atoms with E-state index in [-0.39, 0.29) is 16.7 Å². The second-order valence-electron chi connectivity index (χ2n) is 4.72. The number of hydrogen-bond donors (Lipinski definition) is 1. The third kappa shape index (κ3) is 5.69. The Bertz CT molecular complexity index is 892. The fourth-order valence-corrected chi connectivity index (χ4v) is 3.37. The summed E-state index contributed by atoms with van der Waals surface area (Å²) in [5.41, 5.74) is 0.685. The molecule has 0 aromatic heterocycles. The fourth-order valence-electron chi connectivity index (χ4n) is 1.85. The first-order valence-corrected chi connectivity index (χ1v) is 9.15. The Balaban J connectivity index is 2.14. The molecule has 9 nitrogen and oxygen atoms in total. The first-order valence-electron chi connectivity index (χ1n) is 7.25. The number of halogens is 1. The Morgan fingerprint density at radius 3 is 2.89 bits per heavy atom. The number of methoxy groups -OCH3 is 2. The molecular formula is C16H13IN4O5S. The molecule has 1 saturated heterocycles. The molecule has 1 aliphatic rings. The maximum Gasteiger partial charge on any atom is 0.331 e. The monoisotopic (exact) mass is 500 g/mol. The van der Waals surface area contributed by atoms with Crippen LogP contribution in [-0.4, -0.2) is 44.1 Å². The summed E-state index contributed by atoms with van der Waals surface area (Å²) in [5.74, 6) is -0.148. The molecule has 0 bridgehead atoms. The predicted octanol–water partition coefficient (Wildman–Crippen LogP) is 1.81. The first kappa shape index (κ1) is 20.7. The van der Waals surface area contributed by atoms with Crippen LogP contribution >= 0.6 is 34.4 Å². The van der Waals surface area contributed by atoms with E-state index in [4.69, 9.17) is 14.7 Å². The summed E-state index contributed by atoms with van der Waals surface area (Å²) in [5, 5.41) is 19.2. The van der Waals surface area contributed by atoms with Crippen molar-refractivity contribution in [1.29, 1.82) is 5.26 Å². The third-order valence-corrected chi connectivity index (χ3v) is 4.69. The highest BCUT2D eigenvalue weighted by Gasteiger charge is 2.25. The van der Waals surface area contributed by atoms with Crippen LogP contribution in [0.4, 0.5) is 0 Å². The van der Waals surface area contributed by atoms with Crippen LogP contribution in [0.2, 0.25) is 0 Å². The van der Waals surface area contributed by atoms with E-state index in [1.807, 2.05) is 6.07 Å². The maximum atomic E-state index is 11.7. The molecule has 1 N–H and O–H groups in total. The Morgan fingerprint density at radius 2 is 2.22 bits per heavy atom. The second kappa shape index (κ2) is 9.93. The Labute approximate surface area is 172 Å². The van der Waals surface area contributed by atoms with E-state index in [9.17, 15) is 9.59 Å². The van der Waals surface area contributed by atoms with Crippen LogP contribution in [0.5, 0.6) is 11.5 Å². The number of thioether (sulfide) groups is 1. The van der Waals surface area contributed by atoms with Crippen LogP contribution in [-0.2, 0) is 14.3 Å². The summed E-state index contributed by atoms with van der Waals surface area (Å²) >= 11 is 3.04.